The third-order valence-corrected chi connectivity index (χ3v) is 3.63. The number of hydrogen-bond donors (Lipinski definition) is 3. The maximum Gasteiger partial charge on any atom is 0.315 e. The van der Waals surface area contributed by atoms with E-state index in [0.29, 0.717) is 31.0 Å². The first-order valence-electron chi connectivity index (χ1n) is 7.03. The standard InChI is InChI=1S/C14H23N3O5S/c1-21-12-6-5-11(9-13(12)22-2)10-16-14(18)15-7-4-8-17-23(3,19)20/h5-6,9,17H,4,7-8,10H2,1-3H3,(H2,15,16,18). The summed E-state index contributed by atoms with van der Waals surface area (Å²) in [7, 11) is -0.0786. The number of ether oxygens (including phenoxy) is 2. The summed E-state index contributed by atoms with van der Waals surface area (Å²) in [6.45, 7) is 1.00. The highest BCUT2D eigenvalue weighted by molar-refractivity contribution is 7.88. The fourth-order valence-corrected chi connectivity index (χ4v) is 2.30. The van der Waals surface area contributed by atoms with Crippen LogP contribution in [0.25, 0.3) is 0 Å². The van der Waals surface area contributed by atoms with E-state index >= 15 is 0 Å². The summed E-state index contributed by atoms with van der Waals surface area (Å²) in [6.07, 6.45) is 1.60. The van der Waals surface area contributed by atoms with Crippen molar-refractivity contribution in [3.8, 4) is 11.5 Å². The van der Waals surface area contributed by atoms with E-state index in [9.17, 15) is 13.2 Å². The van der Waals surface area contributed by atoms with Crippen LogP contribution < -0.4 is 24.8 Å². The lowest BCUT2D eigenvalue weighted by Gasteiger charge is -2.11. The summed E-state index contributed by atoms with van der Waals surface area (Å²) < 4.78 is 34.4. The quantitative estimate of drug-likeness (QED) is 0.563. The molecule has 0 aliphatic carbocycles. The normalized spacial score (nSPS) is 10.9. The molecule has 0 saturated carbocycles. The van der Waals surface area contributed by atoms with Gasteiger partial charge in [0.1, 0.15) is 0 Å². The van der Waals surface area contributed by atoms with Gasteiger partial charge in [-0.2, -0.15) is 0 Å². The number of nitrogens with one attached hydrogen (secondary N) is 3. The van der Waals surface area contributed by atoms with Crippen molar-refractivity contribution in [1.82, 2.24) is 15.4 Å². The van der Waals surface area contributed by atoms with Gasteiger partial charge in [-0.3, -0.25) is 0 Å². The first kappa shape index (κ1) is 19.0. The molecule has 1 aromatic carbocycles. The van der Waals surface area contributed by atoms with Crippen LogP contribution in [0.3, 0.4) is 0 Å². The molecule has 9 heteroatoms. The summed E-state index contributed by atoms with van der Waals surface area (Å²) >= 11 is 0. The molecule has 8 nitrogen and oxygen atoms in total. The number of sulfonamides is 1. The second-order valence-corrected chi connectivity index (χ2v) is 6.65. The Bertz CT molecular complexity index is 619. The van der Waals surface area contributed by atoms with Gasteiger partial charge in [0.2, 0.25) is 10.0 Å². The summed E-state index contributed by atoms with van der Waals surface area (Å²) in [5.74, 6) is 1.22. The van der Waals surface area contributed by atoms with Gasteiger partial charge in [0.25, 0.3) is 0 Å². The Morgan fingerprint density at radius 1 is 1.09 bits per heavy atom. The van der Waals surface area contributed by atoms with E-state index in [1.165, 1.54) is 0 Å². The number of benzene rings is 1. The van der Waals surface area contributed by atoms with Gasteiger partial charge in [-0.25, -0.2) is 17.9 Å². The third-order valence-electron chi connectivity index (χ3n) is 2.90. The third kappa shape index (κ3) is 7.71. The molecule has 1 aromatic rings. The van der Waals surface area contributed by atoms with E-state index in [2.05, 4.69) is 15.4 Å². The van der Waals surface area contributed by atoms with Crippen molar-refractivity contribution in [1.29, 1.82) is 0 Å². The molecule has 130 valence electrons. The van der Waals surface area contributed by atoms with Crippen LogP contribution in [0.15, 0.2) is 18.2 Å². The summed E-state index contributed by atoms with van der Waals surface area (Å²) in [5, 5.41) is 5.36. The predicted molar refractivity (Wildman–Crippen MR) is 87.2 cm³/mol. The molecular weight excluding hydrogens is 322 g/mol. The van der Waals surface area contributed by atoms with Crippen molar-refractivity contribution in [3.05, 3.63) is 23.8 Å². The largest absolute Gasteiger partial charge is 0.493 e. The van der Waals surface area contributed by atoms with E-state index in [-0.39, 0.29) is 12.6 Å². The fraction of sp³-hybridized carbons (Fsp3) is 0.500. The van der Waals surface area contributed by atoms with Crippen molar-refractivity contribution < 1.29 is 22.7 Å². The molecule has 0 fully saturated rings. The molecular formula is C14H23N3O5S. The summed E-state index contributed by atoms with van der Waals surface area (Å²) in [6, 6.07) is 5.07. The van der Waals surface area contributed by atoms with Gasteiger partial charge in [0.15, 0.2) is 11.5 Å². The van der Waals surface area contributed by atoms with Crippen LogP contribution in [0.4, 0.5) is 4.79 Å². The Morgan fingerprint density at radius 3 is 2.39 bits per heavy atom. The maximum absolute atomic E-state index is 11.6. The smallest absolute Gasteiger partial charge is 0.315 e. The lowest BCUT2D eigenvalue weighted by molar-refractivity contribution is 0.240. The average molecular weight is 345 g/mol. The molecule has 0 aliphatic rings. The minimum Gasteiger partial charge on any atom is -0.493 e. The average Bonchev–Trinajstić information content (AvgIpc) is 2.51. The molecule has 0 aromatic heterocycles. The molecule has 0 saturated heterocycles. The Labute approximate surface area is 136 Å². The lowest BCUT2D eigenvalue weighted by atomic mass is 10.2. The second kappa shape index (κ2) is 9.21. The summed E-state index contributed by atoms with van der Waals surface area (Å²) in [5.41, 5.74) is 0.872. The van der Waals surface area contributed by atoms with Crippen LogP contribution in [-0.4, -0.2) is 48.0 Å². The second-order valence-electron chi connectivity index (χ2n) is 4.82. The van der Waals surface area contributed by atoms with E-state index in [0.717, 1.165) is 11.8 Å². The number of carbonyl (C=O) groups excluding carboxylic acids is 1. The molecule has 0 atom stereocenters. The maximum atomic E-state index is 11.6. The SMILES string of the molecule is COc1ccc(CNC(=O)NCCCNS(C)(=O)=O)cc1OC. The Balaban J connectivity index is 2.31. The van der Waals surface area contributed by atoms with Crippen molar-refractivity contribution in [3.63, 3.8) is 0 Å². The highest BCUT2D eigenvalue weighted by Gasteiger charge is 2.06. The van der Waals surface area contributed by atoms with E-state index in [4.69, 9.17) is 9.47 Å². The minimum atomic E-state index is -3.18. The zero-order chi connectivity index (χ0) is 17.3. The molecule has 2 amide bonds. The van der Waals surface area contributed by atoms with Gasteiger partial charge in [-0.1, -0.05) is 6.07 Å². The van der Waals surface area contributed by atoms with Gasteiger partial charge < -0.3 is 20.1 Å². The molecule has 1 rings (SSSR count). The summed E-state index contributed by atoms with van der Waals surface area (Å²) in [4.78, 5) is 11.6. The monoisotopic (exact) mass is 345 g/mol. The molecule has 0 aliphatic heterocycles. The molecule has 23 heavy (non-hydrogen) atoms. The zero-order valence-corrected chi connectivity index (χ0v) is 14.3. The van der Waals surface area contributed by atoms with Crippen LogP contribution in [0.2, 0.25) is 0 Å². The molecule has 0 radical (unpaired) electrons. The zero-order valence-electron chi connectivity index (χ0n) is 13.5. The van der Waals surface area contributed by atoms with Crippen LogP contribution in [0, 0.1) is 0 Å². The van der Waals surface area contributed by atoms with Crippen molar-refractivity contribution >= 4 is 16.1 Å². The first-order chi connectivity index (χ1) is 10.9. The van der Waals surface area contributed by atoms with E-state index in [1.807, 2.05) is 6.07 Å². The van der Waals surface area contributed by atoms with Crippen molar-refractivity contribution in [2.24, 2.45) is 0 Å². The molecule has 0 spiro atoms. The van der Waals surface area contributed by atoms with Crippen molar-refractivity contribution in [2.75, 3.05) is 33.6 Å². The van der Waals surface area contributed by atoms with Crippen molar-refractivity contribution in [2.45, 2.75) is 13.0 Å². The topological polar surface area (TPSA) is 106 Å². The van der Waals surface area contributed by atoms with Crippen LogP contribution in [-0.2, 0) is 16.6 Å². The minimum absolute atomic E-state index is 0.287. The van der Waals surface area contributed by atoms with Gasteiger partial charge >= 0.3 is 6.03 Å². The number of methoxy groups -OCH3 is 2. The molecule has 0 bridgehead atoms. The number of hydrogen-bond acceptors (Lipinski definition) is 5. The Kier molecular flexibility index (Phi) is 7.63. The molecule has 0 heterocycles. The molecule has 3 N–H and O–H groups in total. The highest BCUT2D eigenvalue weighted by atomic mass is 32.2. The van der Waals surface area contributed by atoms with Gasteiger partial charge in [0.05, 0.1) is 20.5 Å². The van der Waals surface area contributed by atoms with Gasteiger partial charge in [0, 0.05) is 19.6 Å². The highest BCUT2D eigenvalue weighted by Crippen LogP contribution is 2.27. The van der Waals surface area contributed by atoms with Crippen LogP contribution in [0.5, 0.6) is 11.5 Å². The number of rotatable bonds is 9. The van der Waals surface area contributed by atoms with E-state index < -0.39 is 10.0 Å². The fourth-order valence-electron chi connectivity index (χ4n) is 1.78. The van der Waals surface area contributed by atoms with Crippen LogP contribution in [0.1, 0.15) is 12.0 Å². The molecule has 0 unspecified atom stereocenters. The van der Waals surface area contributed by atoms with Gasteiger partial charge in [-0.05, 0) is 24.1 Å². The Hall–Kier alpha value is -2.00. The Morgan fingerprint density at radius 2 is 1.78 bits per heavy atom. The van der Waals surface area contributed by atoms with E-state index in [1.54, 1.807) is 26.4 Å². The first-order valence-corrected chi connectivity index (χ1v) is 8.92. The lowest BCUT2D eigenvalue weighted by Crippen LogP contribution is -2.36. The van der Waals surface area contributed by atoms with Gasteiger partial charge in [-0.15, -0.1) is 0 Å². The van der Waals surface area contributed by atoms with Crippen LogP contribution >= 0.6 is 0 Å². The number of carbonyl (C=O) groups is 1. The predicted octanol–water partition coefficient (Wildman–Crippen LogP) is 0.442. The number of amides is 2. The number of urea groups is 1.